The molecule has 2 saturated heterocycles. The lowest BCUT2D eigenvalue weighted by atomic mass is 9.60. The first-order valence-corrected chi connectivity index (χ1v) is 14.9. The largest absolute Gasteiger partial charge is 0.381 e. The van der Waals surface area contributed by atoms with E-state index < -0.39 is 25.8 Å². The minimum atomic E-state index is -3.93. The summed E-state index contributed by atoms with van der Waals surface area (Å²) in [5.74, 6) is -0.298. The predicted molar refractivity (Wildman–Crippen MR) is 141 cm³/mol. The highest BCUT2D eigenvalue weighted by Crippen LogP contribution is 2.51. The lowest BCUT2D eigenvalue weighted by Gasteiger charge is -2.53. The Bertz CT molecular complexity index is 1290. The maximum absolute atomic E-state index is 15.9. The second-order valence-corrected chi connectivity index (χ2v) is 14.0. The molecule has 5 rings (SSSR count). The van der Waals surface area contributed by atoms with Crippen LogP contribution in [0.2, 0.25) is 5.02 Å². The van der Waals surface area contributed by atoms with Crippen LogP contribution in [-0.4, -0.2) is 38.6 Å². The van der Waals surface area contributed by atoms with Crippen LogP contribution in [0, 0.1) is 23.1 Å². The highest BCUT2D eigenvalue weighted by Gasteiger charge is 2.54. The molecular formula is C28H34ClFN2O4S. The van der Waals surface area contributed by atoms with Gasteiger partial charge in [-0.2, -0.15) is 0 Å². The average molecular weight is 549 g/mol. The van der Waals surface area contributed by atoms with Crippen molar-refractivity contribution in [3.63, 3.8) is 0 Å². The molecule has 6 nitrogen and oxygen atoms in total. The third-order valence-electron chi connectivity index (χ3n) is 9.06. The molecular weight excluding hydrogens is 515 g/mol. The summed E-state index contributed by atoms with van der Waals surface area (Å²) in [6.07, 6.45) is 6.01. The molecule has 2 unspecified atom stereocenters. The first-order chi connectivity index (χ1) is 17.5. The molecule has 2 aliphatic heterocycles. The number of fused-ring (bicyclic) bond motifs is 1. The van der Waals surface area contributed by atoms with Crippen molar-refractivity contribution in [2.75, 3.05) is 18.1 Å². The van der Waals surface area contributed by atoms with Gasteiger partial charge < -0.3 is 4.74 Å². The summed E-state index contributed by atoms with van der Waals surface area (Å²) in [6.45, 7) is 6.36. The first-order valence-electron chi connectivity index (χ1n) is 13.1. The van der Waals surface area contributed by atoms with Gasteiger partial charge in [0.2, 0.25) is 5.91 Å². The molecule has 0 N–H and O–H groups in total. The average Bonchev–Trinajstić information content (AvgIpc) is 2.89. The van der Waals surface area contributed by atoms with E-state index in [1.54, 1.807) is 0 Å². The first kappa shape index (κ1) is 26.6. The quantitative estimate of drug-likeness (QED) is 0.474. The molecule has 9 heteroatoms. The van der Waals surface area contributed by atoms with Gasteiger partial charge in [-0.15, -0.1) is 0 Å². The highest BCUT2D eigenvalue weighted by molar-refractivity contribution is 7.92. The number of piperidine rings is 1. The van der Waals surface area contributed by atoms with Gasteiger partial charge in [0, 0.05) is 35.9 Å². The van der Waals surface area contributed by atoms with E-state index >= 15 is 4.39 Å². The van der Waals surface area contributed by atoms with Crippen molar-refractivity contribution < 1.29 is 22.3 Å². The van der Waals surface area contributed by atoms with Crippen molar-refractivity contribution in [1.82, 2.24) is 4.98 Å². The highest BCUT2D eigenvalue weighted by atomic mass is 35.5. The van der Waals surface area contributed by atoms with Crippen molar-refractivity contribution in [2.45, 2.75) is 75.0 Å². The van der Waals surface area contributed by atoms with Gasteiger partial charge in [0.25, 0.3) is 0 Å². The number of ether oxygens (including phenoxy) is 1. The summed E-state index contributed by atoms with van der Waals surface area (Å²) < 4.78 is 47.9. The van der Waals surface area contributed by atoms with Crippen LogP contribution in [0.1, 0.15) is 64.9 Å². The maximum Gasteiger partial charge on any atom is 0.234 e. The number of anilines is 1. The Balaban J connectivity index is 1.57. The van der Waals surface area contributed by atoms with E-state index in [0.717, 1.165) is 25.7 Å². The van der Waals surface area contributed by atoms with Gasteiger partial charge in [0.15, 0.2) is 21.5 Å². The monoisotopic (exact) mass is 548 g/mol. The molecule has 3 heterocycles. The van der Waals surface area contributed by atoms with Crippen molar-refractivity contribution in [3.8, 4) is 0 Å². The second kappa shape index (κ2) is 9.62. The topological polar surface area (TPSA) is 76.6 Å². The lowest BCUT2D eigenvalue weighted by Crippen LogP contribution is -2.60. The summed E-state index contributed by atoms with van der Waals surface area (Å²) >= 11 is 5.99. The predicted octanol–water partition coefficient (Wildman–Crippen LogP) is 5.92. The van der Waals surface area contributed by atoms with E-state index in [9.17, 15) is 13.2 Å². The Kier molecular flexibility index (Phi) is 6.91. The Labute approximate surface area is 223 Å². The number of carbonyl (C=O) groups is 1. The number of halogens is 2. The molecule has 3 fully saturated rings. The van der Waals surface area contributed by atoms with E-state index in [1.807, 2.05) is 20.8 Å². The molecule has 200 valence electrons. The fourth-order valence-electron chi connectivity index (χ4n) is 6.88. The van der Waals surface area contributed by atoms with Crippen molar-refractivity contribution >= 4 is 33.2 Å². The van der Waals surface area contributed by atoms with Gasteiger partial charge in [-0.25, -0.2) is 17.8 Å². The van der Waals surface area contributed by atoms with E-state index in [-0.39, 0.29) is 66.1 Å². The minimum absolute atomic E-state index is 0.0237. The van der Waals surface area contributed by atoms with Gasteiger partial charge in [0.05, 0.1) is 4.90 Å². The van der Waals surface area contributed by atoms with E-state index in [4.69, 9.17) is 16.3 Å². The van der Waals surface area contributed by atoms with Crippen LogP contribution >= 0.6 is 11.6 Å². The van der Waals surface area contributed by atoms with Crippen LogP contribution in [0.15, 0.2) is 41.4 Å². The zero-order valence-electron chi connectivity index (χ0n) is 21.5. The summed E-state index contributed by atoms with van der Waals surface area (Å²) in [4.78, 5) is 19.8. The van der Waals surface area contributed by atoms with Crippen LogP contribution < -0.4 is 4.90 Å². The number of carbonyl (C=O) groups excluding carboxylic acids is 1. The third kappa shape index (κ3) is 4.20. The van der Waals surface area contributed by atoms with Crippen LogP contribution in [0.5, 0.6) is 0 Å². The van der Waals surface area contributed by atoms with Gasteiger partial charge in [0.1, 0.15) is 4.75 Å². The number of nitrogens with zero attached hydrogens (tertiary/aromatic N) is 2. The van der Waals surface area contributed by atoms with Crippen LogP contribution in [0.3, 0.4) is 0 Å². The summed E-state index contributed by atoms with van der Waals surface area (Å²) in [5, 5.41) is 0.431. The van der Waals surface area contributed by atoms with E-state index in [0.29, 0.717) is 5.02 Å². The molecule has 1 aromatic carbocycles. The fraction of sp³-hybridized carbons (Fsp3) is 0.571. The molecule has 0 radical (unpaired) electrons. The van der Waals surface area contributed by atoms with Gasteiger partial charge in [-0.1, -0.05) is 38.3 Å². The smallest absolute Gasteiger partial charge is 0.234 e. The van der Waals surface area contributed by atoms with E-state index in [2.05, 4.69) is 4.98 Å². The fourth-order valence-corrected chi connectivity index (χ4v) is 9.08. The standard InChI is InChI=1S/C28H34ClFN2O4S/c1-18-22-6-4-5-7-23(22)27(2,3)26(33)32(18)25-24(30)16-19(17-31-25)28(12-14-36-15-13-28)37(34,35)21-10-8-20(29)9-11-21/h8-11,16-18,22-23H,4-7,12-15H2,1-3H3/t18-,22?,23?/m1/s1. The zero-order chi connectivity index (χ0) is 26.6. The molecule has 1 aromatic heterocycles. The Morgan fingerprint density at radius 2 is 1.76 bits per heavy atom. The van der Waals surface area contributed by atoms with Crippen molar-refractivity contribution in [1.29, 1.82) is 0 Å². The SMILES string of the molecule is C[C@@H]1C2CCCCC2C(C)(C)C(=O)N1c1ncc(C2(S(=O)(=O)c3ccc(Cl)cc3)CCOCC2)cc1F. The number of rotatable bonds is 4. The van der Waals surface area contributed by atoms with Crippen LogP contribution in [0.4, 0.5) is 10.2 Å². The Hall–Kier alpha value is -2.03. The zero-order valence-corrected chi connectivity index (χ0v) is 23.1. The van der Waals surface area contributed by atoms with E-state index in [1.165, 1.54) is 41.4 Å². The van der Waals surface area contributed by atoms with Gasteiger partial charge >= 0.3 is 0 Å². The maximum atomic E-state index is 15.9. The lowest BCUT2D eigenvalue weighted by molar-refractivity contribution is -0.137. The minimum Gasteiger partial charge on any atom is -0.381 e. The molecule has 1 saturated carbocycles. The van der Waals surface area contributed by atoms with Gasteiger partial charge in [-0.3, -0.25) is 9.69 Å². The molecule has 1 amide bonds. The number of benzene rings is 1. The molecule has 2 aromatic rings. The molecule has 3 atom stereocenters. The number of hydrogen-bond donors (Lipinski definition) is 0. The Morgan fingerprint density at radius 3 is 2.41 bits per heavy atom. The number of pyridine rings is 1. The molecule has 1 aliphatic carbocycles. The normalized spacial score (nSPS) is 27.5. The summed E-state index contributed by atoms with van der Waals surface area (Å²) in [7, 11) is -3.93. The van der Waals surface area contributed by atoms with Gasteiger partial charge in [-0.05, 0) is 80.3 Å². The number of hydrogen-bond acceptors (Lipinski definition) is 5. The Morgan fingerprint density at radius 1 is 1.11 bits per heavy atom. The molecule has 37 heavy (non-hydrogen) atoms. The van der Waals surface area contributed by atoms with Crippen molar-refractivity contribution in [3.05, 3.63) is 52.9 Å². The number of sulfone groups is 1. The second-order valence-electron chi connectivity index (χ2n) is 11.3. The van der Waals surface area contributed by atoms with Crippen molar-refractivity contribution in [2.24, 2.45) is 17.3 Å². The van der Waals surface area contributed by atoms with Crippen LogP contribution in [-0.2, 0) is 24.1 Å². The molecule has 0 bridgehead atoms. The number of amides is 1. The summed E-state index contributed by atoms with van der Waals surface area (Å²) in [6, 6.07) is 7.10. The number of aromatic nitrogens is 1. The molecule has 0 spiro atoms. The third-order valence-corrected chi connectivity index (χ3v) is 11.9. The molecule has 3 aliphatic rings. The summed E-state index contributed by atoms with van der Waals surface area (Å²) in [5.41, 5.74) is -0.344. The van der Waals surface area contributed by atoms with Crippen LogP contribution in [0.25, 0.3) is 0 Å².